The molecule has 4 heteroatoms. The number of aliphatic hydroxyl groups excluding tert-OH is 1. The normalized spacial score (nSPS) is 19.6. The van der Waals surface area contributed by atoms with Gasteiger partial charge in [0.25, 0.3) is 0 Å². The summed E-state index contributed by atoms with van der Waals surface area (Å²) >= 11 is 0. The Labute approximate surface area is 121 Å². The first-order valence-corrected chi connectivity index (χ1v) is 7.27. The minimum Gasteiger partial charge on any atom is -0.497 e. The van der Waals surface area contributed by atoms with Gasteiger partial charge in [-0.2, -0.15) is 0 Å². The molecule has 0 saturated carbocycles. The monoisotopic (exact) mass is 279 g/mol. The van der Waals surface area contributed by atoms with Crippen LogP contribution in [0.5, 0.6) is 5.75 Å². The zero-order chi connectivity index (χ0) is 14.4. The first-order chi connectivity index (χ1) is 9.69. The molecular weight excluding hydrogens is 254 g/mol. The molecule has 1 aromatic carbocycles. The Morgan fingerprint density at radius 2 is 1.95 bits per heavy atom. The van der Waals surface area contributed by atoms with E-state index in [4.69, 9.17) is 9.47 Å². The number of hydrogen-bond donors (Lipinski definition) is 2. The van der Waals surface area contributed by atoms with Crippen LogP contribution in [0.15, 0.2) is 24.3 Å². The van der Waals surface area contributed by atoms with Crippen molar-refractivity contribution in [1.82, 2.24) is 5.32 Å². The van der Waals surface area contributed by atoms with Gasteiger partial charge in [-0.15, -0.1) is 0 Å². The highest BCUT2D eigenvalue weighted by Gasteiger charge is 2.31. The van der Waals surface area contributed by atoms with Crippen LogP contribution in [0.4, 0.5) is 0 Å². The number of rotatable bonds is 6. The second-order valence-corrected chi connectivity index (χ2v) is 5.61. The molecule has 112 valence electrons. The quantitative estimate of drug-likeness (QED) is 0.835. The number of benzene rings is 1. The molecule has 1 aliphatic heterocycles. The van der Waals surface area contributed by atoms with Crippen molar-refractivity contribution >= 4 is 0 Å². The maximum atomic E-state index is 9.66. The van der Waals surface area contributed by atoms with Crippen LogP contribution in [0, 0.1) is 0 Å². The fourth-order valence-corrected chi connectivity index (χ4v) is 2.57. The maximum Gasteiger partial charge on any atom is 0.118 e. The molecule has 0 unspecified atom stereocenters. The van der Waals surface area contributed by atoms with E-state index >= 15 is 0 Å². The Hall–Kier alpha value is -1.10. The van der Waals surface area contributed by atoms with Gasteiger partial charge in [0.15, 0.2) is 0 Å². The van der Waals surface area contributed by atoms with Crippen molar-refractivity contribution in [2.24, 2.45) is 0 Å². The Bertz CT molecular complexity index is 399. The van der Waals surface area contributed by atoms with Gasteiger partial charge >= 0.3 is 0 Å². The van der Waals surface area contributed by atoms with Crippen LogP contribution in [0.25, 0.3) is 0 Å². The molecule has 0 radical (unpaired) electrons. The summed E-state index contributed by atoms with van der Waals surface area (Å²) in [6.45, 7) is 4.67. The molecule has 0 bridgehead atoms. The van der Waals surface area contributed by atoms with Gasteiger partial charge in [0, 0.05) is 25.3 Å². The van der Waals surface area contributed by atoms with Crippen LogP contribution in [-0.4, -0.2) is 44.1 Å². The molecule has 1 aromatic rings. The molecular formula is C16H25NO3. The van der Waals surface area contributed by atoms with Crippen molar-refractivity contribution in [2.45, 2.75) is 31.2 Å². The number of ether oxygens (including phenoxy) is 2. The van der Waals surface area contributed by atoms with Crippen LogP contribution in [0.1, 0.15) is 31.2 Å². The van der Waals surface area contributed by atoms with E-state index in [2.05, 4.69) is 24.4 Å². The SMILES string of the molecule is COc1ccc([C@H](C)CNC2(CO)CCOCC2)cc1. The molecule has 1 fully saturated rings. The largest absolute Gasteiger partial charge is 0.497 e. The molecule has 4 nitrogen and oxygen atoms in total. The molecule has 2 rings (SSSR count). The van der Waals surface area contributed by atoms with Crippen LogP contribution < -0.4 is 10.1 Å². The van der Waals surface area contributed by atoms with Crippen LogP contribution in [-0.2, 0) is 4.74 Å². The zero-order valence-corrected chi connectivity index (χ0v) is 12.4. The predicted molar refractivity (Wildman–Crippen MR) is 79.3 cm³/mol. The van der Waals surface area contributed by atoms with E-state index in [0.29, 0.717) is 5.92 Å². The van der Waals surface area contributed by atoms with Gasteiger partial charge in [-0.25, -0.2) is 0 Å². The smallest absolute Gasteiger partial charge is 0.118 e. The van der Waals surface area contributed by atoms with Crippen molar-refractivity contribution in [2.75, 3.05) is 33.5 Å². The standard InChI is InChI=1S/C16H25NO3/c1-13(14-3-5-15(19-2)6-4-14)11-17-16(12-18)7-9-20-10-8-16/h3-6,13,17-18H,7-12H2,1-2H3/t13-/m1/s1. The Morgan fingerprint density at radius 3 is 2.50 bits per heavy atom. The van der Waals surface area contributed by atoms with Gasteiger partial charge in [0.2, 0.25) is 0 Å². The molecule has 20 heavy (non-hydrogen) atoms. The first kappa shape index (κ1) is 15.3. The highest BCUT2D eigenvalue weighted by Crippen LogP contribution is 2.23. The molecule has 0 amide bonds. The minimum atomic E-state index is -0.168. The fourth-order valence-electron chi connectivity index (χ4n) is 2.57. The van der Waals surface area contributed by atoms with Crippen molar-refractivity contribution in [3.63, 3.8) is 0 Å². The molecule has 1 saturated heterocycles. The number of hydrogen-bond acceptors (Lipinski definition) is 4. The molecule has 0 aromatic heterocycles. The average Bonchev–Trinajstić information content (AvgIpc) is 2.53. The maximum absolute atomic E-state index is 9.66. The number of nitrogens with one attached hydrogen (secondary N) is 1. The molecule has 1 aliphatic rings. The second kappa shape index (κ2) is 7.07. The Balaban J connectivity index is 1.91. The van der Waals surface area contributed by atoms with Gasteiger partial charge in [-0.05, 0) is 36.5 Å². The Kier molecular flexibility index (Phi) is 5.40. The topological polar surface area (TPSA) is 50.7 Å². The highest BCUT2D eigenvalue weighted by molar-refractivity contribution is 5.29. The first-order valence-electron chi connectivity index (χ1n) is 7.27. The van der Waals surface area contributed by atoms with Crippen molar-refractivity contribution in [1.29, 1.82) is 0 Å². The predicted octanol–water partition coefficient (Wildman–Crippen LogP) is 1.93. The summed E-state index contributed by atoms with van der Waals surface area (Å²) in [5.74, 6) is 1.28. The summed E-state index contributed by atoms with van der Waals surface area (Å²) in [5, 5.41) is 13.2. The number of methoxy groups -OCH3 is 1. The van der Waals surface area contributed by atoms with E-state index < -0.39 is 0 Å². The zero-order valence-electron chi connectivity index (χ0n) is 12.4. The summed E-state index contributed by atoms with van der Waals surface area (Å²) in [7, 11) is 1.68. The summed E-state index contributed by atoms with van der Waals surface area (Å²) in [6.07, 6.45) is 1.75. The summed E-state index contributed by atoms with van der Waals surface area (Å²) in [5.41, 5.74) is 1.11. The van der Waals surface area contributed by atoms with Gasteiger partial charge in [0.1, 0.15) is 5.75 Å². The van der Waals surface area contributed by atoms with E-state index in [1.54, 1.807) is 7.11 Å². The van der Waals surface area contributed by atoms with Crippen molar-refractivity contribution in [3.8, 4) is 5.75 Å². The van der Waals surface area contributed by atoms with Crippen LogP contribution in [0.2, 0.25) is 0 Å². The van der Waals surface area contributed by atoms with E-state index in [1.165, 1.54) is 5.56 Å². The van der Waals surface area contributed by atoms with E-state index in [-0.39, 0.29) is 12.1 Å². The van der Waals surface area contributed by atoms with E-state index in [9.17, 15) is 5.11 Å². The van der Waals surface area contributed by atoms with Gasteiger partial charge in [-0.3, -0.25) is 0 Å². The third kappa shape index (κ3) is 3.72. The van der Waals surface area contributed by atoms with Crippen molar-refractivity contribution in [3.05, 3.63) is 29.8 Å². The lowest BCUT2D eigenvalue weighted by Gasteiger charge is -2.37. The fraction of sp³-hybridized carbons (Fsp3) is 0.625. The summed E-state index contributed by atoms with van der Waals surface area (Å²) in [6, 6.07) is 8.17. The van der Waals surface area contributed by atoms with Crippen LogP contribution in [0.3, 0.4) is 0 Å². The van der Waals surface area contributed by atoms with Crippen LogP contribution >= 0.6 is 0 Å². The third-order valence-electron chi connectivity index (χ3n) is 4.22. The molecule has 0 aliphatic carbocycles. The highest BCUT2D eigenvalue weighted by atomic mass is 16.5. The van der Waals surface area contributed by atoms with E-state index in [0.717, 1.165) is 38.3 Å². The third-order valence-corrected chi connectivity index (χ3v) is 4.22. The lowest BCUT2D eigenvalue weighted by Crippen LogP contribution is -2.53. The van der Waals surface area contributed by atoms with E-state index in [1.807, 2.05) is 12.1 Å². The van der Waals surface area contributed by atoms with Gasteiger partial charge < -0.3 is 19.9 Å². The molecule has 0 spiro atoms. The van der Waals surface area contributed by atoms with Gasteiger partial charge in [-0.1, -0.05) is 19.1 Å². The molecule has 1 heterocycles. The minimum absolute atomic E-state index is 0.168. The van der Waals surface area contributed by atoms with Crippen molar-refractivity contribution < 1.29 is 14.6 Å². The lowest BCUT2D eigenvalue weighted by molar-refractivity contribution is 0.0116. The summed E-state index contributed by atoms with van der Waals surface area (Å²) < 4.78 is 10.6. The molecule has 2 N–H and O–H groups in total. The summed E-state index contributed by atoms with van der Waals surface area (Å²) in [4.78, 5) is 0. The molecule has 1 atom stereocenters. The Morgan fingerprint density at radius 1 is 1.30 bits per heavy atom. The second-order valence-electron chi connectivity index (χ2n) is 5.61. The lowest BCUT2D eigenvalue weighted by atomic mass is 9.89. The average molecular weight is 279 g/mol. The number of aliphatic hydroxyl groups is 1. The van der Waals surface area contributed by atoms with Gasteiger partial charge in [0.05, 0.1) is 13.7 Å².